The van der Waals surface area contributed by atoms with Crippen molar-refractivity contribution in [2.45, 2.75) is 0 Å². The summed E-state index contributed by atoms with van der Waals surface area (Å²) in [6.45, 7) is 0. The molecule has 0 radical (unpaired) electrons. The summed E-state index contributed by atoms with van der Waals surface area (Å²) in [7, 11) is 0. The third-order valence-corrected chi connectivity index (χ3v) is 4.77. The minimum absolute atomic E-state index is 0.0102. The van der Waals surface area contributed by atoms with Crippen LogP contribution in [0.5, 0.6) is 0 Å². The number of nitrogens with zero attached hydrogens (tertiary/aromatic N) is 2. The SMILES string of the molecule is O=C(/C=C/c1cccnc1)c1c(-c2cncc(Cl)c2)c2cc(Cl)ccc2[nH]c1=O. The fraction of sp³-hybridized carbons (Fsp3) is 0. The van der Waals surface area contributed by atoms with E-state index in [1.165, 1.54) is 12.3 Å². The zero-order valence-corrected chi connectivity index (χ0v) is 16.4. The maximum atomic E-state index is 13.0. The number of allylic oxidation sites excluding steroid dienone is 1. The molecule has 0 aliphatic heterocycles. The van der Waals surface area contributed by atoms with Gasteiger partial charge in [-0.3, -0.25) is 19.6 Å². The van der Waals surface area contributed by atoms with E-state index in [2.05, 4.69) is 15.0 Å². The van der Waals surface area contributed by atoms with Crippen molar-refractivity contribution in [3.63, 3.8) is 0 Å². The Balaban J connectivity index is 1.96. The highest BCUT2D eigenvalue weighted by atomic mass is 35.5. The number of hydrogen-bond donors (Lipinski definition) is 1. The lowest BCUT2D eigenvalue weighted by Gasteiger charge is -2.11. The molecule has 5 nitrogen and oxygen atoms in total. The smallest absolute Gasteiger partial charge is 0.260 e. The van der Waals surface area contributed by atoms with E-state index < -0.39 is 11.3 Å². The molecule has 0 spiro atoms. The standard InChI is InChI=1S/C22H13Cl2N3O2/c23-15-4-5-18-17(9-15)20(14-8-16(24)12-26-11-14)21(22(29)27-18)19(28)6-3-13-2-1-7-25-10-13/h1-12H,(H,27,29)/b6-3+. The predicted molar refractivity (Wildman–Crippen MR) is 115 cm³/mol. The van der Waals surface area contributed by atoms with Crippen LogP contribution in [0.3, 0.4) is 0 Å². The molecular formula is C22H13Cl2N3O2. The average molecular weight is 422 g/mol. The fourth-order valence-electron chi connectivity index (χ4n) is 3.08. The Bertz CT molecular complexity index is 1310. The van der Waals surface area contributed by atoms with Gasteiger partial charge in [0.05, 0.1) is 10.6 Å². The molecule has 0 amide bonds. The molecule has 0 atom stereocenters. The maximum absolute atomic E-state index is 13.0. The van der Waals surface area contributed by atoms with Crippen molar-refractivity contribution < 1.29 is 4.79 Å². The first-order valence-electron chi connectivity index (χ1n) is 8.62. The molecule has 142 valence electrons. The molecule has 0 saturated heterocycles. The predicted octanol–water partition coefficient (Wildman–Crippen LogP) is 5.19. The number of carbonyl (C=O) groups excluding carboxylic acids is 1. The molecule has 7 heteroatoms. The van der Waals surface area contributed by atoms with E-state index in [4.69, 9.17) is 23.2 Å². The van der Waals surface area contributed by atoms with E-state index in [1.54, 1.807) is 55.0 Å². The molecule has 4 rings (SSSR count). The lowest BCUT2D eigenvalue weighted by molar-refractivity contribution is 0.104. The number of aromatic nitrogens is 3. The molecule has 1 aromatic carbocycles. The molecule has 29 heavy (non-hydrogen) atoms. The fourth-order valence-corrected chi connectivity index (χ4v) is 3.42. The van der Waals surface area contributed by atoms with Gasteiger partial charge in [-0.15, -0.1) is 0 Å². The van der Waals surface area contributed by atoms with Crippen LogP contribution in [-0.4, -0.2) is 20.7 Å². The van der Waals surface area contributed by atoms with Crippen molar-refractivity contribution in [2.24, 2.45) is 0 Å². The van der Waals surface area contributed by atoms with Crippen LogP contribution in [0.25, 0.3) is 28.1 Å². The van der Waals surface area contributed by atoms with Crippen LogP contribution in [-0.2, 0) is 0 Å². The number of halogens is 2. The van der Waals surface area contributed by atoms with Crippen LogP contribution in [0.1, 0.15) is 15.9 Å². The topological polar surface area (TPSA) is 75.7 Å². The molecule has 0 aliphatic carbocycles. The van der Waals surface area contributed by atoms with E-state index in [9.17, 15) is 9.59 Å². The van der Waals surface area contributed by atoms with Crippen LogP contribution in [0.15, 0.2) is 72.1 Å². The first kappa shape index (κ1) is 19.1. The third kappa shape index (κ3) is 3.97. The second kappa shape index (κ2) is 7.99. The van der Waals surface area contributed by atoms with Gasteiger partial charge < -0.3 is 4.98 Å². The van der Waals surface area contributed by atoms with Gasteiger partial charge in [-0.05, 0) is 48.0 Å². The summed E-state index contributed by atoms with van der Waals surface area (Å²) in [5.41, 5.74) is 1.77. The van der Waals surface area contributed by atoms with Gasteiger partial charge in [0.1, 0.15) is 0 Å². The molecule has 4 aromatic rings. The first-order chi connectivity index (χ1) is 14.0. The quantitative estimate of drug-likeness (QED) is 0.363. The summed E-state index contributed by atoms with van der Waals surface area (Å²) in [5, 5.41) is 1.49. The highest BCUT2D eigenvalue weighted by Crippen LogP contribution is 2.32. The second-order valence-corrected chi connectivity index (χ2v) is 7.14. The molecule has 0 bridgehead atoms. The second-order valence-electron chi connectivity index (χ2n) is 6.27. The zero-order valence-electron chi connectivity index (χ0n) is 14.9. The van der Waals surface area contributed by atoms with Gasteiger partial charge in [-0.1, -0.05) is 29.3 Å². The molecule has 3 heterocycles. The molecular weight excluding hydrogens is 409 g/mol. The third-order valence-electron chi connectivity index (χ3n) is 4.33. The summed E-state index contributed by atoms with van der Waals surface area (Å²) in [5.74, 6) is -0.452. The van der Waals surface area contributed by atoms with Gasteiger partial charge in [-0.2, -0.15) is 0 Å². The van der Waals surface area contributed by atoms with Crippen LogP contribution in [0, 0.1) is 0 Å². The van der Waals surface area contributed by atoms with Gasteiger partial charge >= 0.3 is 0 Å². The molecule has 0 aliphatic rings. The van der Waals surface area contributed by atoms with Gasteiger partial charge in [0.2, 0.25) is 0 Å². The van der Waals surface area contributed by atoms with Crippen molar-refractivity contribution in [1.29, 1.82) is 0 Å². The lowest BCUT2D eigenvalue weighted by Crippen LogP contribution is -2.18. The summed E-state index contributed by atoms with van der Waals surface area (Å²) < 4.78 is 0. The van der Waals surface area contributed by atoms with Gasteiger partial charge in [-0.25, -0.2) is 0 Å². The lowest BCUT2D eigenvalue weighted by atomic mass is 9.95. The van der Waals surface area contributed by atoms with E-state index >= 15 is 0 Å². The number of aromatic amines is 1. The van der Waals surface area contributed by atoms with Crippen molar-refractivity contribution in [3.05, 3.63) is 98.8 Å². The summed E-state index contributed by atoms with van der Waals surface area (Å²) in [4.78, 5) is 36.7. The number of nitrogens with one attached hydrogen (secondary N) is 1. The largest absolute Gasteiger partial charge is 0.321 e. The first-order valence-corrected chi connectivity index (χ1v) is 9.37. The summed E-state index contributed by atoms with van der Waals surface area (Å²) in [6, 6.07) is 10.3. The van der Waals surface area contributed by atoms with Gasteiger partial charge in [0.15, 0.2) is 5.78 Å². The number of rotatable bonds is 4. The number of hydrogen-bond acceptors (Lipinski definition) is 4. The number of carbonyl (C=O) groups is 1. The Morgan fingerprint density at radius 3 is 2.62 bits per heavy atom. The zero-order chi connectivity index (χ0) is 20.4. The van der Waals surface area contributed by atoms with E-state index in [0.717, 1.165) is 5.56 Å². The molecule has 1 N–H and O–H groups in total. The van der Waals surface area contributed by atoms with Crippen LogP contribution in [0.2, 0.25) is 10.0 Å². The number of fused-ring (bicyclic) bond motifs is 1. The highest BCUT2D eigenvalue weighted by molar-refractivity contribution is 6.32. The molecule has 0 fully saturated rings. The van der Waals surface area contributed by atoms with E-state index in [1.807, 2.05) is 6.07 Å². The van der Waals surface area contributed by atoms with Crippen molar-refractivity contribution >= 4 is 46.0 Å². The Morgan fingerprint density at radius 1 is 1.00 bits per heavy atom. The van der Waals surface area contributed by atoms with Gasteiger partial charge in [0.25, 0.3) is 5.56 Å². The number of pyridine rings is 3. The molecule has 0 unspecified atom stereocenters. The number of benzene rings is 1. The van der Waals surface area contributed by atoms with Crippen LogP contribution >= 0.6 is 23.2 Å². The normalized spacial score (nSPS) is 11.2. The number of H-pyrrole nitrogens is 1. The van der Waals surface area contributed by atoms with E-state index in [-0.39, 0.29) is 5.56 Å². The maximum Gasteiger partial charge on any atom is 0.260 e. The molecule has 3 aromatic heterocycles. The van der Waals surface area contributed by atoms with Crippen LogP contribution in [0.4, 0.5) is 0 Å². The average Bonchev–Trinajstić information content (AvgIpc) is 2.72. The minimum Gasteiger partial charge on any atom is -0.321 e. The van der Waals surface area contributed by atoms with Crippen molar-refractivity contribution in [1.82, 2.24) is 15.0 Å². The highest BCUT2D eigenvalue weighted by Gasteiger charge is 2.20. The van der Waals surface area contributed by atoms with Crippen molar-refractivity contribution in [3.8, 4) is 11.1 Å². The Labute approximate surface area is 175 Å². The summed E-state index contributed by atoms with van der Waals surface area (Å²) in [6.07, 6.45) is 9.26. The summed E-state index contributed by atoms with van der Waals surface area (Å²) >= 11 is 12.3. The van der Waals surface area contributed by atoms with E-state index in [0.29, 0.717) is 32.1 Å². The number of ketones is 1. The molecule has 0 saturated carbocycles. The van der Waals surface area contributed by atoms with Crippen molar-refractivity contribution in [2.75, 3.05) is 0 Å². The van der Waals surface area contributed by atoms with Gasteiger partial charge in [0, 0.05) is 51.8 Å². The van der Waals surface area contributed by atoms with Crippen LogP contribution < -0.4 is 5.56 Å². The Kier molecular flexibility index (Phi) is 5.25. The Morgan fingerprint density at radius 2 is 1.86 bits per heavy atom. The Hall–Kier alpha value is -3.28. The monoisotopic (exact) mass is 421 g/mol. The minimum atomic E-state index is -0.504.